The number of amides is 1. The minimum atomic E-state index is 0.114. The average Bonchev–Trinajstić information content (AvgIpc) is 2.36. The molecule has 0 heterocycles. The lowest BCUT2D eigenvalue weighted by atomic mass is 9.47. The number of nitrogens with two attached hydrogens (primary N) is 1. The van der Waals surface area contributed by atoms with Crippen LogP contribution in [-0.2, 0) is 4.79 Å². The van der Waals surface area contributed by atoms with Gasteiger partial charge in [-0.15, -0.1) is 0 Å². The SMILES string of the molecule is CCC(N(C)C(=O)CN)C12CC3CC(CC(C3)C1)C2. The van der Waals surface area contributed by atoms with Gasteiger partial charge in [-0.05, 0) is 68.1 Å². The molecular formula is C16H28N2O. The van der Waals surface area contributed by atoms with Gasteiger partial charge in [0.25, 0.3) is 0 Å². The van der Waals surface area contributed by atoms with E-state index in [9.17, 15) is 4.79 Å². The smallest absolute Gasteiger partial charge is 0.236 e. The molecule has 2 N–H and O–H groups in total. The monoisotopic (exact) mass is 264 g/mol. The van der Waals surface area contributed by atoms with Crippen molar-refractivity contribution in [3.8, 4) is 0 Å². The molecule has 0 aromatic carbocycles. The summed E-state index contributed by atoms with van der Waals surface area (Å²) in [6.07, 6.45) is 9.55. The van der Waals surface area contributed by atoms with Crippen LogP contribution in [0.1, 0.15) is 51.9 Å². The van der Waals surface area contributed by atoms with Crippen molar-refractivity contribution in [1.82, 2.24) is 4.90 Å². The van der Waals surface area contributed by atoms with Gasteiger partial charge >= 0.3 is 0 Å². The molecule has 3 heteroatoms. The van der Waals surface area contributed by atoms with Crippen LogP contribution in [0.25, 0.3) is 0 Å². The molecule has 4 rings (SSSR count). The average molecular weight is 264 g/mol. The Morgan fingerprint density at radius 1 is 1.21 bits per heavy atom. The molecule has 19 heavy (non-hydrogen) atoms. The van der Waals surface area contributed by atoms with E-state index in [1.165, 1.54) is 38.5 Å². The summed E-state index contributed by atoms with van der Waals surface area (Å²) in [4.78, 5) is 14.0. The van der Waals surface area contributed by atoms with Gasteiger partial charge in [0.1, 0.15) is 0 Å². The quantitative estimate of drug-likeness (QED) is 0.847. The Morgan fingerprint density at radius 2 is 1.68 bits per heavy atom. The molecule has 0 radical (unpaired) electrons. The minimum absolute atomic E-state index is 0.114. The fraction of sp³-hybridized carbons (Fsp3) is 0.938. The van der Waals surface area contributed by atoms with E-state index < -0.39 is 0 Å². The minimum Gasteiger partial charge on any atom is -0.341 e. The van der Waals surface area contributed by atoms with Crippen LogP contribution in [0.4, 0.5) is 0 Å². The molecule has 4 fully saturated rings. The first-order valence-electron chi connectivity index (χ1n) is 8.03. The number of nitrogens with zero attached hydrogens (tertiary/aromatic N) is 1. The highest BCUT2D eigenvalue weighted by molar-refractivity contribution is 5.78. The Balaban J connectivity index is 1.84. The van der Waals surface area contributed by atoms with Crippen LogP contribution in [0.5, 0.6) is 0 Å². The van der Waals surface area contributed by atoms with Gasteiger partial charge in [-0.1, -0.05) is 6.92 Å². The van der Waals surface area contributed by atoms with Gasteiger partial charge in [0.2, 0.25) is 5.91 Å². The molecule has 0 aliphatic heterocycles. The van der Waals surface area contributed by atoms with Crippen LogP contribution in [0, 0.1) is 23.2 Å². The van der Waals surface area contributed by atoms with Crippen LogP contribution in [0.3, 0.4) is 0 Å². The number of rotatable bonds is 4. The van der Waals surface area contributed by atoms with Crippen LogP contribution >= 0.6 is 0 Å². The van der Waals surface area contributed by atoms with Crippen LogP contribution in [0.2, 0.25) is 0 Å². The van der Waals surface area contributed by atoms with E-state index in [-0.39, 0.29) is 12.5 Å². The third kappa shape index (κ3) is 2.10. The van der Waals surface area contributed by atoms with E-state index in [0.29, 0.717) is 11.5 Å². The summed E-state index contributed by atoms with van der Waals surface area (Å²) < 4.78 is 0. The van der Waals surface area contributed by atoms with Crippen molar-refractivity contribution in [3.63, 3.8) is 0 Å². The van der Waals surface area contributed by atoms with Crippen LogP contribution in [0.15, 0.2) is 0 Å². The molecule has 108 valence electrons. The molecular weight excluding hydrogens is 236 g/mol. The second-order valence-corrected chi connectivity index (χ2v) is 7.41. The lowest BCUT2D eigenvalue weighted by molar-refractivity contribution is -0.142. The zero-order chi connectivity index (χ0) is 13.6. The number of hydrogen-bond donors (Lipinski definition) is 1. The molecule has 1 amide bonds. The highest BCUT2D eigenvalue weighted by Crippen LogP contribution is 2.62. The molecule has 4 saturated carbocycles. The van der Waals surface area contributed by atoms with Crippen LogP contribution < -0.4 is 5.73 Å². The second-order valence-electron chi connectivity index (χ2n) is 7.41. The standard InChI is InChI=1S/C16H28N2O/c1-3-14(18(2)15(19)10-17)16-7-11-4-12(8-16)6-13(5-11)9-16/h11-14H,3-10,17H2,1-2H3. The van der Waals surface area contributed by atoms with E-state index in [0.717, 1.165) is 24.2 Å². The molecule has 1 atom stereocenters. The lowest BCUT2D eigenvalue weighted by Gasteiger charge is -2.60. The van der Waals surface area contributed by atoms with Crippen molar-refractivity contribution in [2.75, 3.05) is 13.6 Å². The van der Waals surface area contributed by atoms with Gasteiger partial charge in [-0.2, -0.15) is 0 Å². The van der Waals surface area contributed by atoms with E-state index in [2.05, 4.69) is 6.92 Å². The summed E-state index contributed by atoms with van der Waals surface area (Å²) in [6, 6.07) is 0.414. The molecule has 0 aromatic rings. The third-order valence-corrected chi connectivity index (χ3v) is 6.21. The molecule has 4 bridgehead atoms. The summed E-state index contributed by atoms with van der Waals surface area (Å²) in [5, 5.41) is 0. The van der Waals surface area contributed by atoms with E-state index in [1.807, 2.05) is 11.9 Å². The Labute approximate surface area is 116 Å². The Morgan fingerprint density at radius 3 is 2.05 bits per heavy atom. The summed E-state index contributed by atoms with van der Waals surface area (Å²) in [6.45, 7) is 2.39. The summed E-state index contributed by atoms with van der Waals surface area (Å²) >= 11 is 0. The summed E-state index contributed by atoms with van der Waals surface area (Å²) in [5.74, 6) is 2.95. The van der Waals surface area contributed by atoms with E-state index >= 15 is 0 Å². The van der Waals surface area contributed by atoms with Gasteiger partial charge in [-0.25, -0.2) is 0 Å². The first kappa shape index (κ1) is 13.4. The summed E-state index contributed by atoms with van der Waals surface area (Å²) in [7, 11) is 1.97. The number of likely N-dealkylation sites (N-methyl/N-ethyl adjacent to an activating group) is 1. The van der Waals surface area contributed by atoms with Crippen molar-refractivity contribution in [3.05, 3.63) is 0 Å². The van der Waals surface area contributed by atoms with E-state index in [1.54, 1.807) is 0 Å². The fourth-order valence-corrected chi connectivity index (χ4v) is 6.02. The van der Waals surface area contributed by atoms with Crippen molar-refractivity contribution in [2.24, 2.45) is 28.9 Å². The van der Waals surface area contributed by atoms with Gasteiger partial charge in [0.15, 0.2) is 0 Å². The largest absolute Gasteiger partial charge is 0.341 e. The van der Waals surface area contributed by atoms with Gasteiger partial charge in [0, 0.05) is 13.1 Å². The zero-order valence-corrected chi connectivity index (χ0v) is 12.4. The van der Waals surface area contributed by atoms with Crippen molar-refractivity contribution >= 4 is 5.91 Å². The lowest BCUT2D eigenvalue weighted by Crippen LogP contribution is -2.57. The normalized spacial score (nSPS) is 41.3. The second kappa shape index (κ2) is 4.76. The number of hydrogen-bond acceptors (Lipinski definition) is 2. The van der Waals surface area contributed by atoms with Crippen LogP contribution in [-0.4, -0.2) is 30.4 Å². The van der Waals surface area contributed by atoms with E-state index in [4.69, 9.17) is 5.73 Å². The van der Waals surface area contributed by atoms with Gasteiger partial charge < -0.3 is 10.6 Å². The Bertz CT molecular complexity index is 330. The Hall–Kier alpha value is -0.570. The predicted molar refractivity (Wildman–Crippen MR) is 76.5 cm³/mol. The maximum atomic E-state index is 12.0. The third-order valence-electron chi connectivity index (χ3n) is 6.21. The molecule has 4 aliphatic carbocycles. The maximum absolute atomic E-state index is 12.0. The fourth-order valence-electron chi connectivity index (χ4n) is 6.02. The first-order chi connectivity index (χ1) is 9.08. The van der Waals surface area contributed by atoms with Gasteiger partial charge in [0.05, 0.1) is 6.54 Å². The van der Waals surface area contributed by atoms with Crippen molar-refractivity contribution in [1.29, 1.82) is 0 Å². The zero-order valence-electron chi connectivity index (χ0n) is 12.4. The predicted octanol–water partition coefficient (Wildman–Crippen LogP) is 2.40. The number of carbonyl (C=O) groups is 1. The Kier molecular flexibility index (Phi) is 3.36. The molecule has 4 aliphatic rings. The summed E-state index contributed by atoms with van der Waals surface area (Å²) in [5.41, 5.74) is 5.99. The first-order valence-corrected chi connectivity index (χ1v) is 8.03. The van der Waals surface area contributed by atoms with Gasteiger partial charge in [-0.3, -0.25) is 4.79 Å². The highest BCUT2D eigenvalue weighted by atomic mass is 16.2. The molecule has 1 unspecified atom stereocenters. The topological polar surface area (TPSA) is 46.3 Å². The molecule has 0 saturated heterocycles. The van der Waals surface area contributed by atoms with Crippen molar-refractivity contribution in [2.45, 2.75) is 57.9 Å². The highest BCUT2D eigenvalue weighted by Gasteiger charge is 2.54. The van der Waals surface area contributed by atoms with Crippen molar-refractivity contribution < 1.29 is 4.79 Å². The molecule has 0 aromatic heterocycles. The molecule has 0 spiro atoms. The molecule has 3 nitrogen and oxygen atoms in total. The maximum Gasteiger partial charge on any atom is 0.236 e. The number of carbonyl (C=O) groups excluding carboxylic acids is 1.